The number of allylic oxidation sites excluding steroid dienone is 1. The van der Waals surface area contributed by atoms with E-state index in [4.69, 9.17) is 4.74 Å². The van der Waals surface area contributed by atoms with Crippen LogP contribution in [0.2, 0.25) is 0 Å². The molecular formula is C13H14O2. The summed E-state index contributed by atoms with van der Waals surface area (Å²) in [5.74, 6) is 0.0278. The monoisotopic (exact) mass is 202 g/mol. The molecule has 0 fully saturated rings. The smallest absolute Gasteiger partial charge is 0.334 e. The van der Waals surface area contributed by atoms with Crippen molar-refractivity contribution in [2.24, 2.45) is 0 Å². The maximum atomic E-state index is 11.5. The minimum absolute atomic E-state index is 0.193. The molecule has 0 unspecified atom stereocenters. The average Bonchev–Trinajstić information content (AvgIpc) is 2.78. The van der Waals surface area contributed by atoms with Gasteiger partial charge in [-0.2, -0.15) is 0 Å². The first-order valence-corrected chi connectivity index (χ1v) is 5.16. The predicted octanol–water partition coefficient (Wildman–Crippen LogP) is 2.66. The lowest BCUT2D eigenvalue weighted by atomic mass is 9.93. The highest BCUT2D eigenvalue weighted by Gasteiger charge is 2.26. The minimum atomic E-state index is -0.193. The van der Waals surface area contributed by atoms with Gasteiger partial charge in [0.1, 0.15) is 0 Å². The van der Waals surface area contributed by atoms with Gasteiger partial charge in [-0.1, -0.05) is 36.4 Å². The van der Waals surface area contributed by atoms with E-state index >= 15 is 0 Å². The van der Waals surface area contributed by atoms with Gasteiger partial charge in [0.05, 0.1) is 7.11 Å². The molecule has 1 aromatic rings. The fourth-order valence-electron chi connectivity index (χ4n) is 2.08. The van der Waals surface area contributed by atoms with Crippen molar-refractivity contribution >= 4 is 5.97 Å². The van der Waals surface area contributed by atoms with Crippen molar-refractivity contribution in [1.29, 1.82) is 0 Å². The van der Waals surface area contributed by atoms with E-state index < -0.39 is 0 Å². The molecule has 1 aliphatic carbocycles. The molecule has 0 amide bonds. The van der Waals surface area contributed by atoms with Crippen molar-refractivity contribution in [2.75, 3.05) is 7.11 Å². The largest absolute Gasteiger partial charge is 0.466 e. The quantitative estimate of drug-likeness (QED) is 0.689. The normalized spacial score (nSPS) is 19.8. The molecule has 1 atom stereocenters. The number of rotatable bonds is 2. The van der Waals surface area contributed by atoms with Crippen LogP contribution in [0.1, 0.15) is 24.3 Å². The number of methoxy groups -OCH3 is 1. The van der Waals surface area contributed by atoms with Crippen LogP contribution in [-0.4, -0.2) is 13.1 Å². The highest BCUT2D eigenvalue weighted by Crippen LogP contribution is 2.35. The van der Waals surface area contributed by atoms with Gasteiger partial charge in [-0.25, -0.2) is 4.79 Å². The van der Waals surface area contributed by atoms with Crippen LogP contribution >= 0.6 is 0 Å². The van der Waals surface area contributed by atoms with Gasteiger partial charge in [-0.15, -0.1) is 0 Å². The molecule has 1 aliphatic rings. The van der Waals surface area contributed by atoms with E-state index in [1.54, 1.807) is 0 Å². The molecule has 0 radical (unpaired) electrons. The van der Waals surface area contributed by atoms with Crippen LogP contribution in [0.5, 0.6) is 0 Å². The number of hydrogen-bond acceptors (Lipinski definition) is 2. The third-order valence-corrected chi connectivity index (χ3v) is 2.82. The lowest BCUT2D eigenvalue weighted by molar-refractivity contribution is -0.136. The summed E-state index contributed by atoms with van der Waals surface area (Å²) in [5, 5.41) is 0. The van der Waals surface area contributed by atoms with E-state index in [0.29, 0.717) is 0 Å². The highest BCUT2D eigenvalue weighted by molar-refractivity contribution is 5.90. The zero-order valence-corrected chi connectivity index (χ0v) is 8.77. The van der Waals surface area contributed by atoms with E-state index in [1.807, 2.05) is 24.3 Å². The average molecular weight is 202 g/mol. The maximum Gasteiger partial charge on any atom is 0.334 e. The third-order valence-electron chi connectivity index (χ3n) is 2.82. The van der Waals surface area contributed by atoms with Crippen LogP contribution in [-0.2, 0) is 9.53 Å². The fraction of sp³-hybridized carbons (Fsp3) is 0.308. The predicted molar refractivity (Wildman–Crippen MR) is 58.5 cm³/mol. The van der Waals surface area contributed by atoms with E-state index in [2.05, 4.69) is 12.1 Å². The Bertz CT molecular complexity index is 379. The number of esters is 1. The molecular weight excluding hydrogens is 188 g/mol. The molecule has 0 N–H and O–H groups in total. The standard InChI is InChI=1S/C13H14O2/c1-15-13(14)12-9-5-8-11(12)10-6-3-2-4-7-10/h2-4,6-7,9,11H,5,8H2,1H3/t11-/m0/s1. The van der Waals surface area contributed by atoms with E-state index in [9.17, 15) is 4.79 Å². The summed E-state index contributed by atoms with van der Waals surface area (Å²) in [6, 6.07) is 10.1. The van der Waals surface area contributed by atoms with Crippen LogP contribution < -0.4 is 0 Å². The van der Waals surface area contributed by atoms with Gasteiger partial charge >= 0.3 is 5.97 Å². The number of ether oxygens (including phenoxy) is 1. The number of carbonyl (C=O) groups excluding carboxylic acids is 1. The summed E-state index contributed by atoms with van der Waals surface area (Å²) >= 11 is 0. The van der Waals surface area contributed by atoms with Crippen LogP contribution in [0.4, 0.5) is 0 Å². The zero-order valence-electron chi connectivity index (χ0n) is 8.77. The van der Waals surface area contributed by atoms with Gasteiger partial charge in [0.2, 0.25) is 0 Å². The summed E-state index contributed by atoms with van der Waals surface area (Å²) in [4.78, 5) is 11.5. The number of benzene rings is 1. The summed E-state index contributed by atoms with van der Waals surface area (Å²) in [6.45, 7) is 0. The topological polar surface area (TPSA) is 26.3 Å². The molecule has 0 spiro atoms. The Morgan fingerprint density at radius 1 is 1.33 bits per heavy atom. The Morgan fingerprint density at radius 3 is 2.73 bits per heavy atom. The van der Waals surface area contributed by atoms with E-state index in [-0.39, 0.29) is 11.9 Å². The van der Waals surface area contributed by atoms with Crippen LogP contribution in [0.15, 0.2) is 42.0 Å². The molecule has 1 aromatic carbocycles. The molecule has 2 nitrogen and oxygen atoms in total. The van der Waals surface area contributed by atoms with Gasteiger partial charge in [0.15, 0.2) is 0 Å². The maximum absolute atomic E-state index is 11.5. The van der Waals surface area contributed by atoms with Gasteiger partial charge < -0.3 is 4.74 Å². The van der Waals surface area contributed by atoms with Crippen molar-refractivity contribution in [3.05, 3.63) is 47.5 Å². The van der Waals surface area contributed by atoms with Crippen LogP contribution in [0.25, 0.3) is 0 Å². The molecule has 0 saturated heterocycles. The summed E-state index contributed by atoms with van der Waals surface area (Å²) in [5.41, 5.74) is 2.01. The molecule has 2 rings (SSSR count). The van der Waals surface area contributed by atoms with E-state index in [1.165, 1.54) is 12.7 Å². The van der Waals surface area contributed by atoms with Crippen molar-refractivity contribution in [2.45, 2.75) is 18.8 Å². The van der Waals surface area contributed by atoms with Gasteiger partial charge in [0.25, 0.3) is 0 Å². The van der Waals surface area contributed by atoms with Crippen LogP contribution in [0, 0.1) is 0 Å². The van der Waals surface area contributed by atoms with Crippen molar-refractivity contribution < 1.29 is 9.53 Å². The second-order valence-electron chi connectivity index (χ2n) is 3.69. The fourth-order valence-corrected chi connectivity index (χ4v) is 2.08. The molecule has 15 heavy (non-hydrogen) atoms. The lowest BCUT2D eigenvalue weighted by Gasteiger charge is -2.13. The molecule has 0 aromatic heterocycles. The minimum Gasteiger partial charge on any atom is -0.466 e. The molecule has 0 bridgehead atoms. The SMILES string of the molecule is COC(=O)C1=CCC[C@H]1c1ccccc1. The number of carbonyl (C=O) groups is 1. The molecule has 2 heteroatoms. The first-order valence-electron chi connectivity index (χ1n) is 5.16. The summed E-state index contributed by atoms with van der Waals surface area (Å²) < 4.78 is 4.78. The Balaban J connectivity index is 2.25. The lowest BCUT2D eigenvalue weighted by Crippen LogP contribution is -2.09. The first-order chi connectivity index (χ1) is 7.33. The second-order valence-corrected chi connectivity index (χ2v) is 3.69. The third kappa shape index (κ3) is 1.94. The van der Waals surface area contributed by atoms with Gasteiger partial charge in [-0.3, -0.25) is 0 Å². The van der Waals surface area contributed by atoms with Gasteiger partial charge in [0, 0.05) is 11.5 Å². The Kier molecular flexibility index (Phi) is 2.86. The van der Waals surface area contributed by atoms with Crippen molar-refractivity contribution in [3.8, 4) is 0 Å². The number of hydrogen-bond donors (Lipinski definition) is 0. The van der Waals surface area contributed by atoms with Crippen molar-refractivity contribution in [1.82, 2.24) is 0 Å². The second kappa shape index (κ2) is 4.30. The Morgan fingerprint density at radius 2 is 2.07 bits per heavy atom. The van der Waals surface area contributed by atoms with Crippen molar-refractivity contribution in [3.63, 3.8) is 0 Å². The Labute approximate surface area is 89.6 Å². The highest BCUT2D eigenvalue weighted by atomic mass is 16.5. The summed E-state index contributed by atoms with van der Waals surface area (Å²) in [7, 11) is 1.43. The van der Waals surface area contributed by atoms with Gasteiger partial charge in [-0.05, 0) is 18.4 Å². The summed E-state index contributed by atoms with van der Waals surface area (Å²) in [6.07, 6.45) is 3.96. The Hall–Kier alpha value is -1.57. The first kappa shape index (κ1) is 9.97. The zero-order chi connectivity index (χ0) is 10.7. The molecule has 0 saturated carbocycles. The van der Waals surface area contributed by atoms with E-state index in [0.717, 1.165) is 18.4 Å². The van der Waals surface area contributed by atoms with Crippen LogP contribution in [0.3, 0.4) is 0 Å². The molecule has 78 valence electrons. The molecule has 0 heterocycles. The molecule has 0 aliphatic heterocycles.